The highest BCUT2D eigenvalue weighted by molar-refractivity contribution is 14.1. The van der Waals surface area contributed by atoms with E-state index in [1.54, 1.807) is 23.1 Å². The van der Waals surface area contributed by atoms with E-state index in [1.807, 2.05) is 41.8 Å². The van der Waals surface area contributed by atoms with E-state index < -0.39 is 0 Å². The molecule has 0 aliphatic carbocycles. The zero-order valence-corrected chi connectivity index (χ0v) is 12.6. The van der Waals surface area contributed by atoms with Crippen LogP contribution < -0.4 is 5.32 Å². The lowest BCUT2D eigenvalue weighted by Gasteiger charge is -2.04. The topological polar surface area (TPSA) is 29.1 Å². The van der Waals surface area contributed by atoms with Gasteiger partial charge in [-0.3, -0.25) is 4.79 Å². The van der Waals surface area contributed by atoms with Gasteiger partial charge >= 0.3 is 0 Å². The summed E-state index contributed by atoms with van der Waals surface area (Å²) in [6, 6.07) is 11.8. The van der Waals surface area contributed by atoms with Crippen LogP contribution in [0.15, 0.2) is 46.0 Å². The fourth-order valence-corrected chi connectivity index (χ4v) is 3.37. The average molecular weight is 375 g/mol. The number of thiophene rings is 1. The molecule has 1 aromatic heterocycles. The fraction of sp³-hybridized carbons (Fsp3) is 0.0833. The highest BCUT2D eigenvalue weighted by Crippen LogP contribution is 2.23. The second kappa shape index (κ2) is 6.42. The van der Waals surface area contributed by atoms with Gasteiger partial charge in [-0.1, -0.05) is 12.1 Å². The molecule has 2 nitrogen and oxygen atoms in total. The van der Waals surface area contributed by atoms with Gasteiger partial charge in [0.15, 0.2) is 0 Å². The SMILES string of the molecule is O=C(CSc1cccs1)Nc1cccc(I)c1. The molecule has 17 heavy (non-hydrogen) atoms. The van der Waals surface area contributed by atoms with E-state index in [4.69, 9.17) is 0 Å². The summed E-state index contributed by atoms with van der Waals surface area (Å²) in [7, 11) is 0. The molecule has 88 valence electrons. The van der Waals surface area contributed by atoms with Gasteiger partial charge < -0.3 is 5.32 Å². The molecule has 0 saturated heterocycles. The molecule has 1 N–H and O–H groups in total. The first-order valence-electron chi connectivity index (χ1n) is 4.96. The first-order chi connectivity index (χ1) is 8.24. The van der Waals surface area contributed by atoms with Gasteiger partial charge in [0.25, 0.3) is 0 Å². The molecule has 0 aliphatic heterocycles. The molecule has 2 aromatic rings. The standard InChI is InChI=1S/C12H10INOS2/c13-9-3-1-4-10(7-9)14-11(15)8-17-12-5-2-6-16-12/h1-7H,8H2,(H,14,15). The van der Waals surface area contributed by atoms with Gasteiger partial charge in [0.1, 0.15) is 0 Å². The number of amides is 1. The lowest BCUT2D eigenvalue weighted by atomic mass is 10.3. The number of rotatable bonds is 4. The first kappa shape index (κ1) is 12.9. The molecule has 0 atom stereocenters. The maximum absolute atomic E-state index is 11.7. The van der Waals surface area contributed by atoms with Gasteiger partial charge in [-0.15, -0.1) is 23.1 Å². The van der Waals surface area contributed by atoms with E-state index in [2.05, 4.69) is 27.9 Å². The molecule has 2 rings (SSSR count). The summed E-state index contributed by atoms with van der Waals surface area (Å²) >= 11 is 5.45. The first-order valence-corrected chi connectivity index (χ1v) is 7.90. The van der Waals surface area contributed by atoms with Gasteiger partial charge in [-0.05, 0) is 52.2 Å². The number of benzene rings is 1. The van der Waals surface area contributed by atoms with E-state index in [0.717, 1.165) is 9.26 Å². The lowest BCUT2D eigenvalue weighted by molar-refractivity contribution is -0.113. The Morgan fingerprint density at radius 2 is 2.24 bits per heavy atom. The molecule has 0 spiro atoms. The van der Waals surface area contributed by atoms with E-state index in [-0.39, 0.29) is 5.91 Å². The number of hydrogen-bond acceptors (Lipinski definition) is 3. The van der Waals surface area contributed by atoms with E-state index in [9.17, 15) is 4.79 Å². The van der Waals surface area contributed by atoms with Crippen LogP contribution in [-0.2, 0) is 4.79 Å². The molecule has 1 aromatic carbocycles. The third-order valence-electron chi connectivity index (χ3n) is 1.95. The Labute approximate surface area is 122 Å². The van der Waals surface area contributed by atoms with Crippen molar-refractivity contribution in [1.82, 2.24) is 0 Å². The van der Waals surface area contributed by atoms with Crippen LogP contribution in [0.1, 0.15) is 0 Å². The molecule has 0 radical (unpaired) electrons. The summed E-state index contributed by atoms with van der Waals surface area (Å²) in [5.74, 6) is 0.483. The number of thioether (sulfide) groups is 1. The normalized spacial score (nSPS) is 10.2. The second-order valence-corrected chi connectivity index (χ2v) is 6.75. The van der Waals surface area contributed by atoms with Gasteiger partial charge in [0.2, 0.25) is 5.91 Å². The minimum absolute atomic E-state index is 0.0328. The summed E-state index contributed by atoms with van der Waals surface area (Å²) in [6.45, 7) is 0. The largest absolute Gasteiger partial charge is 0.325 e. The van der Waals surface area contributed by atoms with Crippen LogP contribution in [0.4, 0.5) is 5.69 Å². The Kier molecular flexibility index (Phi) is 4.87. The summed E-state index contributed by atoms with van der Waals surface area (Å²) < 4.78 is 2.29. The average Bonchev–Trinajstić information content (AvgIpc) is 2.79. The molecule has 0 bridgehead atoms. The van der Waals surface area contributed by atoms with Gasteiger partial charge in [-0.2, -0.15) is 0 Å². The number of carbonyl (C=O) groups is 1. The van der Waals surface area contributed by atoms with Crippen LogP contribution in [0.5, 0.6) is 0 Å². The van der Waals surface area contributed by atoms with Crippen LogP contribution in [-0.4, -0.2) is 11.7 Å². The summed E-state index contributed by atoms with van der Waals surface area (Å²) in [5, 5.41) is 4.90. The Morgan fingerprint density at radius 3 is 2.94 bits per heavy atom. The van der Waals surface area contributed by atoms with Crippen molar-refractivity contribution in [2.24, 2.45) is 0 Å². The molecule has 0 aliphatic rings. The molecule has 5 heteroatoms. The molecule has 1 amide bonds. The van der Waals surface area contributed by atoms with E-state index >= 15 is 0 Å². The predicted molar refractivity (Wildman–Crippen MR) is 82.8 cm³/mol. The molecule has 0 saturated carbocycles. The van der Waals surface area contributed by atoms with Crippen molar-refractivity contribution in [3.05, 3.63) is 45.3 Å². The predicted octanol–water partition coefficient (Wildman–Crippen LogP) is 4.08. The van der Waals surface area contributed by atoms with Gasteiger partial charge in [0, 0.05) is 9.26 Å². The molecule has 0 fully saturated rings. The Bertz CT molecular complexity index is 499. The molecular formula is C12H10INOS2. The third kappa shape index (κ3) is 4.33. The van der Waals surface area contributed by atoms with Crippen molar-refractivity contribution in [1.29, 1.82) is 0 Å². The quantitative estimate of drug-likeness (QED) is 0.645. The van der Waals surface area contributed by atoms with Crippen LogP contribution >= 0.6 is 45.7 Å². The molecule has 0 unspecified atom stereocenters. The number of carbonyl (C=O) groups excluding carboxylic acids is 1. The van der Waals surface area contributed by atoms with Crippen molar-refractivity contribution in [2.45, 2.75) is 4.21 Å². The smallest absolute Gasteiger partial charge is 0.234 e. The summed E-state index contributed by atoms with van der Waals surface area (Å²) in [4.78, 5) is 11.7. The molecule has 1 heterocycles. The Hall–Kier alpha value is -0.530. The third-order valence-corrected chi connectivity index (χ3v) is 4.75. The van der Waals surface area contributed by atoms with Gasteiger partial charge in [0.05, 0.1) is 9.96 Å². The van der Waals surface area contributed by atoms with E-state index in [1.165, 1.54) is 4.21 Å². The fourth-order valence-electron chi connectivity index (χ4n) is 1.25. The number of halogens is 1. The highest BCUT2D eigenvalue weighted by atomic mass is 127. The van der Waals surface area contributed by atoms with Crippen LogP contribution in [0.2, 0.25) is 0 Å². The monoisotopic (exact) mass is 375 g/mol. The zero-order valence-electron chi connectivity index (χ0n) is 8.85. The number of hydrogen-bond donors (Lipinski definition) is 1. The minimum atomic E-state index is 0.0328. The Balaban J connectivity index is 1.85. The minimum Gasteiger partial charge on any atom is -0.325 e. The maximum atomic E-state index is 11.7. The maximum Gasteiger partial charge on any atom is 0.234 e. The van der Waals surface area contributed by atoms with Crippen molar-refractivity contribution in [3.8, 4) is 0 Å². The van der Waals surface area contributed by atoms with Crippen molar-refractivity contribution >= 4 is 57.3 Å². The van der Waals surface area contributed by atoms with E-state index in [0.29, 0.717) is 5.75 Å². The zero-order chi connectivity index (χ0) is 12.1. The lowest BCUT2D eigenvalue weighted by Crippen LogP contribution is -2.13. The van der Waals surface area contributed by atoms with Gasteiger partial charge in [-0.25, -0.2) is 0 Å². The van der Waals surface area contributed by atoms with Crippen molar-refractivity contribution in [3.63, 3.8) is 0 Å². The van der Waals surface area contributed by atoms with Crippen LogP contribution in [0, 0.1) is 3.57 Å². The van der Waals surface area contributed by atoms with Crippen LogP contribution in [0.3, 0.4) is 0 Å². The van der Waals surface area contributed by atoms with Crippen molar-refractivity contribution in [2.75, 3.05) is 11.1 Å². The number of nitrogens with one attached hydrogen (secondary N) is 1. The molecular weight excluding hydrogens is 365 g/mol. The summed E-state index contributed by atoms with van der Waals surface area (Å²) in [5.41, 5.74) is 0.855. The van der Waals surface area contributed by atoms with Crippen LogP contribution in [0.25, 0.3) is 0 Å². The number of anilines is 1. The second-order valence-electron chi connectivity index (χ2n) is 3.28. The summed E-state index contributed by atoms with van der Waals surface area (Å²) in [6.07, 6.45) is 0. The highest BCUT2D eigenvalue weighted by Gasteiger charge is 2.04. The Morgan fingerprint density at radius 1 is 1.35 bits per heavy atom. The van der Waals surface area contributed by atoms with Crippen molar-refractivity contribution < 1.29 is 4.79 Å².